The number of nitrogens with one attached hydrogen (secondary N) is 2. The first-order valence-electron chi connectivity index (χ1n) is 17.4. The number of nitrogens with zero attached hydrogens (tertiary/aromatic N) is 1. The number of ether oxygens (including phenoxy) is 2. The fourth-order valence-electron chi connectivity index (χ4n) is 11.6. The number of carbonyl (C=O) groups is 2. The number of rotatable bonds is 5. The van der Waals surface area contributed by atoms with Gasteiger partial charge in [-0.1, -0.05) is 33.8 Å². The van der Waals surface area contributed by atoms with E-state index in [4.69, 9.17) is 9.47 Å². The van der Waals surface area contributed by atoms with E-state index < -0.39 is 0 Å². The van der Waals surface area contributed by atoms with Crippen molar-refractivity contribution in [2.75, 3.05) is 6.61 Å². The van der Waals surface area contributed by atoms with Gasteiger partial charge in [0.25, 0.3) is 0 Å². The summed E-state index contributed by atoms with van der Waals surface area (Å²) in [6, 6.07) is 3.94. The van der Waals surface area contributed by atoms with Crippen molar-refractivity contribution in [3.05, 3.63) is 30.1 Å². The van der Waals surface area contributed by atoms with E-state index in [1.807, 2.05) is 12.1 Å². The zero-order valence-corrected chi connectivity index (χ0v) is 26.8. The zero-order valence-electron chi connectivity index (χ0n) is 26.8. The Morgan fingerprint density at radius 1 is 0.977 bits per heavy atom. The van der Waals surface area contributed by atoms with E-state index in [9.17, 15) is 9.59 Å². The lowest BCUT2D eigenvalue weighted by atomic mass is 9.44. The van der Waals surface area contributed by atoms with Gasteiger partial charge in [-0.25, -0.2) is 0 Å². The SMILES string of the molecule is C[C@@H]1CC[C@@]2(OC1)O[C@H]1C[C@H]3[C@@H]4CC[C@H]5C[C@@H](NC(=O)CC(=O)NCc6cccnc6)CC[C@]5(C)[C@H]4CC[C@]3(C)[C@H]1[C@@H]2C. The second-order valence-electron chi connectivity index (χ2n) is 16.0. The van der Waals surface area contributed by atoms with Crippen LogP contribution in [0.3, 0.4) is 0 Å². The maximum Gasteiger partial charge on any atom is 0.229 e. The molecule has 2 amide bonds. The van der Waals surface area contributed by atoms with Crippen molar-refractivity contribution in [2.24, 2.45) is 52.3 Å². The number of aromatic nitrogens is 1. The molecule has 0 bridgehead atoms. The van der Waals surface area contributed by atoms with Gasteiger partial charge in [-0.05, 0) is 116 Å². The Morgan fingerprint density at radius 3 is 2.58 bits per heavy atom. The third-order valence-corrected chi connectivity index (χ3v) is 13.8. The molecule has 0 unspecified atom stereocenters. The molecule has 7 nitrogen and oxygen atoms in total. The van der Waals surface area contributed by atoms with Gasteiger partial charge in [-0.2, -0.15) is 0 Å². The molecular weight excluding hydrogens is 538 g/mol. The van der Waals surface area contributed by atoms with Crippen LogP contribution in [0.25, 0.3) is 0 Å². The molecule has 1 spiro atoms. The minimum atomic E-state index is -0.334. The largest absolute Gasteiger partial charge is 0.353 e. The van der Waals surface area contributed by atoms with Crippen molar-refractivity contribution in [3.63, 3.8) is 0 Å². The highest BCUT2D eigenvalue weighted by atomic mass is 16.7. The molecule has 2 saturated heterocycles. The van der Waals surface area contributed by atoms with Gasteiger partial charge in [0, 0.05) is 37.3 Å². The molecule has 7 heteroatoms. The van der Waals surface area contributed by atoms with Gasteiger partial charge in [-0.3, -0.25) is 14.6 Å². The second-order valence-corrected chi connectivity index (χ2v) is 16.0. The third kappa shape index (κ3) is 5.05. The highest BCUT2D eigenvalue weighted by Gasteiger charge is 2.69. The lowest BCUT2D eigenvalue weighted by Crippen LogP contribution is -2.56. The van der Waals surface area contributed by atoms with E-state index in [1.54, 1.807) is 12.4 Å². The lowest BCUT2D eigenvalue weighted by molar-refractivity contribution is -0.273. The molecule has 6 aliphatic rings. The van der Waals surface area contributed by atoms with Gasteiger partial charge in [0.05, 0.1) is 12.7 Å². The number of carbonyl (C=O) groups excluding carboxylic acids is 2. The van der Waals surface area contributed by atoms with Crippen LogP contribution in [-0.2, 0) is 25.6 Å². The Morgan fingerprint density at radius 2 is 1.81 bits per heavy atom. The van der Waals surface area contributed by atoms with Gasteiger partial charge in [0.2, 0.25) is 11.8 Å². The van der Waals surface area contributed by atoms with Crippen LogP contribution in [-0.4, -0.2) is 41.3 Å². The van der Waals surface area contributed by atoms with Gasteiger partial charge in [-0.15, -0.1) is 0 Å². The maximum atomic E-state index is 12.8. The lowest BCUT2D eigenvalue weighted by Gasteiger charge is -2.61. The highest BCUT2D eigenvalue weighted by Crippen LogP contribution is 2.71. The molecular formula is C36H53N3O4. The van der Waals surface area contributed by atoms with E-state index in [-0.39, 0.29) is 30.1 Å². The molecule has 4 aliphatic carbocycles. The van der Waals surface area contributed by atoms with E-state index in [0.29, 0.717) is 47.2 Å². The van der Waals surface area contributed by atoms with Crippen LogP contribution in [0.5, 0.6) is 0 Å². The summed E-state index contributed by atoms with van der Waals surface area (Å²) in [7, 11) is 0. The summed E-state index contributed by atoms with van der Waals surface area (Å²) in [6.07, 6.45) is 15.7. The minimum Gasteiger partial charge on any atom is -0.353 e. The van der Waals surface area contributed by atoms with Crippen molar-refractivity contribution in [1.82, 2.24) is 15.6 Å². The van der Waals surface area contributed by atoms with Crippen molar-refractivity contribution in [3.8, 4) is 0 Å². The van der Waals surface area contributed by atoms with Gasteiger partial charge in [0.1, 0.15) is 6.42 Å². The molecule has 2 N–H and O–H groups in total. The number of hydrogen-bond donors (Lipinski definition) is 2. The van der Waals surface area contributed by atoms with Crippen LogP contribution < -0.4 is 10.6 Å². The number of fused-ring (bicyclic) bond motifs is 7. The normalized spacial score (nSPS) is 46.7. The molecule has 12 atom stereocenters. The molecule has 1 aromatic rings. The summed E-state index contributed by atoms with van der Waals surface area (Å²) in [6.45, 7) is 11.2. The highest BCUT2D eigenvalue weighted by molar-refractivity contribution is 5.96. The molecule has 236 valence electrons. The van der Waals surface area contributed by atoms with Gasteiger partial charge in [0.15, 0.2) is 5.79 Å². The first kappa shape index (κ1) is 29.7. The quantitative estimate of drug-likeness (QED) is 0.409. The molecule has 43 heavy (non-hydrogen) atoms. The predicted molar refractivity (Wildman–Crippen MR) is 164 cm³/mol. The molecule has 2 aliphatic heterocycles. The smallest absolute Gasteiger partial charge is 0.229 e. The Hall–Kier alpha value is -1.99. The first-order valence-corrected chi connectivity index (χ1v) is 17.4. The van der Waals surface area contributed by atoms with Crippen LogP contribution in [0.1, 0.15) is 104 Å². The Bertz CT molecular complexity index is 1200. The molecule has 7 rings (SSSR count). The summed E-state index contributed by atoms with van der Waals surface area (Å²) in [4.78, 5) is 29.3. The van der Waals surface area contributed by atoms with Crippen molar-refractivity contribution < 1.29 is 19.1 Å². The number of pyridine rings is 1. The summed E-state index contributed by atoms with van der Waals surface area (Å²) in [5, 5.41) is 6.09. The number of hydrogen-bond acceptors (Lipinski definition) is 5. The Kier molecular flexibility index (Phi) is 7.68. The van der Waals surface area contributed by atoms with Crippen LogP contribution >= 0.6 is 0 Å². The maximum absolute atomic E-state index is 12.8. The molecule has 0 aromatic carbocycles. The summed E-state index contributed by atoms with van der Waals surface area (Å²) < 4.78 is 13.5. The summed E-state index contributed by atoms with van der Waals surface area (Å²) >= 11 is 0. The third-order valence-electron chi connectivity index (χ3n) is 13.8. The Balaban J connectivity index is 0.952. The minimum absolute atomic E-state index is 0.113. The predicted octanol–water partition coefficient (Wildman–Crippen LogP) is 6.02. The molecule has 1 aromatic heterocycles. The fourth-order valence-corrected chi connectivity index (χ4v) is 11.6. The average molecular weight is 592 g/mol. The van der Waals surface area contributed by atoms with Crippen molar-refractivity contribution >= 4 is 11.8 Å². The molecule has 0 radical (unpaired) electrons. The van der Waals surface area contributed by atoms with Crippen molar-refractivity contribution in [2.45, 2.75) is 123 Å². The topological polar surface area (TPSA) is 89.5 Å². The van der Waals surface area contributed by atoms with Crippen LogP contribution in [0.15, 0.2) is 24.5 Å². The summed E-state index contributed by atoms with van der Waals surface area (Å²) in [5.41, 5.74) is 1.63. The summed E-state index contributed by atoms with van der Waals surface area (Å²) in [5.74, 6) is 3.97. The fraction of sp³-hybridized carbons (Fsp3) is 0.806. The first-order chi connectivity index (χ1) is 20.6. The van der Waals surface area contributed by atoms with Crippen LogP contribution in [0.2, 0.25) is 0 Å². The number of amides is 2. The van der Waals surface area contributed by atoms with E-state index in [2.05, 4.69) is 43.3 Å². The molecule has 6 fully saturated rings. The van der Waals surface area contributed by atoms with Crippen LogP contribution in [0.4, 0.5) is 0 Å². The van der Waals surface area contributed by atoms with Gasteiger partial charge >= 0.3 is 0 Å². The van der Waals surface area contributed by atoms with E-state index in [0.717, 1.165) is 49.2 Å². The zero-order chi connectivity index (χ0) is 30.0. The monoisotopic (exact) mass is 591 g/mol. The Labute approximate surface area is 258 Å². The average Bonchev–Trinajstić information content (AvgIpc) is 3.44. The van der Waals surface area contributed by atoms with Gasteiger partial charge < -0.3 is 20.1 Å². The van der Waals surface area contributed by atoms with Crippen molar-refractivity contribution in [1.29, 1.82) is 0 Å². The van der Waals surface area contributed by atoms with E-state index in [1.165, 1.54) is 44.9 Å². The standard InChI is InChI=1S/C36H53N3O4/c1-22-9-14-36(42-21-22)23(2)33-30(43-36)17-29-27-8-7-25-16-26(10-12-34(25,3)28(27)11-13-35(29,33)4)39-32(41)18-31(40)38-20-24-6-5-15-37-19-24/h5-6,15,19,22-23,25-30,33H,7-14,16-18,20-21H2,1-4H3,(H,38,40)(H,39,41)/t22-,23+,25+,26+,27-,28+,29+,30+,33+,34+,35+,36-/m1/s1. The van der Waals surface area contributed by atoms with E-state index >= 15 is 0 Å². The van der Waals surface area contributed by atoms with Crippen LogP contribution in [0, 0.1) is 52.3 Å². The second kappa shape index (κ2) is 11.1. The molecule has 4 saturated carbocycles. The molecule has 3 heterocycles.